The van der Waals surface area contributed by atoms with Gasteiger partial charge in [0, 0.05) is 5.56 Å². The lowest BCUT2D eigenvalue weighted by Gasteiger charge is -2.22. The van der Waals surface area contributed by atoms with Gasteiger partial charge >= 0.3 is 0 Å². The van der Waals surface area contributed by atoms with Crippen molar-refractivity contribution >= 4 is 0 Å². The molecule has 0 aliphatic carbocycles. The monoisotopic (exact) mass is 194 g/mol. The van der Waals surface area contributed by atoms with E-state index in [0.717, 1.165) is 6.07 Å². The van der Waals surface area contributed by atoms with E-state index in [4.69, 9.17) is 16.1 Å². The molecule has 1 atom stereocenters. The van der Waals surface area contributed by atoms with Gasteiger partial charge in [-0.1, -0.05) is 6.07 Å². The zero-order valence-electron chi connectivity index (χ0n) is 7.79. The Morgan fingerprint density at radius 2 is 2.29 bits per heavy atom. The van der Waals surface area contributed by atoms with Crippen LogP contribution in [0.4, 0.5) is 4.39 Å². The van der Waals surface area contributed by atoms with Crippen molar-refractivity contribution in [2.45, 2.75) is 12.5 Å². The fourth-order valence-electron chi connectivity index (χ4n) is 1.13. The molecular weight excluding hydrogens is 183 g/mol. The molecule has 0 radical (unpaired) electrons. The van der Waals surface area contributed by atoms with E-state index >= 15 is 0 Å². The fourth-order valence-corrected chi connectivity index (χ4v) is 1.13. The van der Waals surface area contributed by atoms with Crippen LogP contribution in [0, 0.1) is 17.1 Å². The molecule has 0 fully saturated rings. The third-order valence-corrected chi connectivity index (χ3v) is 2.04. The number of benzene rings is 1. The SMILES string of the molecule is CC(N)(CO)c1ccc(C#N)cc1F. The van der Waals surface area contributed by atoms with Gasteiger partial charge in [0.05, 0.1) is 23.8 Å². The number of hydrogen-bond acceptors (Lipinski definition) is 3. The molecule has 0 saturated carbocycles. The van der Waals surface area contributed by atoms with Crippen molar-refractivity contribution in [2.24, 2.45) is 5.73 Å². The van der Waals surface area contributed by atoms with Crippen molar-refractivity contribution in [1.82, 2.24) is 0 Å². The van der Waals surface area contributed by atoms with Gasteiger partial charge in [0.25, 0.3) is 0 Å². The van der Waals surface area contributed by atoms with E-state index in [-0.39, 0.29) is 17.7 Å². The van der Waals surface area contributed by atoms with E-state index in [0.29, 0.717) is 0 Å². The largest absolute Gasteiger partial charge is 0.394 e. The average Bonchev–Trinajstić information content (AvgIpc) is 2.17. The van der Waals surface area contributed by atoms with Crippen molar-refractivity contribution in [3.63, 3.8) is 0 Å². The van der Waals surface area contributed by atoms with Crippen LogP contribution in [0.2, 0.25) is 0 Å². The lowest BCUT2D eigenvalue weighted by atomic mass is 9.93. The third kappa shape index (κ3) is 1.90. The summed E-state index contributed by atoms with van der Waals surface area (Å²) in [5, 5.41) is 17.5. The number of rotatable bonds is 2. The van der Waals surface area contributed by atoms with Gasteiger partial charge in [-0.3, -0.25) is 0 Å². The summed E-state index contributed by atoms with van der Waals surface area (Å²) in [6.07, 6.45) is 0. The molecule has 4 heteroatoms. The van der Waals surface area contributed by atoms with Crippen LogP contribution in [0.5, 0.6) is 0 Å². The fraction of sp³-hybridized carbons (Fsp3) is 0.300. The Kier molecular flexibility index (Phi) is 2.84. The van der Waals surface area contributed by atoms with Gasteiger partial charge in [0.15, 0.2) is 0 Å². The van der Waals surface area contributed by atoms with Crippen LogP contribution in [0.15, 0.2) is 18.2 Å². The summed E-state index contributed by atoms with van der Waals surface area (Å²) in [6.45, 7) is 1.17. The predicted octanol–water partition coefficient (Wildman–Crippen LogP) is 0.864. The Labute approximate surface area is 81.6 Å². The van der Waals surface area contributed by atoms with Crippen LogP contribution in [0.1, 0.15) is 18.1 Å². The minimum atomic E-state index is -1.11. The number of hydrogen-bond donors (Lipinski definition) is 2. The third-order valence-electron chi connectivity index (χ3n) is 2.04. The second-order valence-electron chi connectivity index (χ2n) is 3.38. The van der Waals surface area contributed by atoms with E-state index in [1.807, 2.05) is 6.07 Å². The van der Waals surface area contributed by atoms with Crippen LogP contribution >= 0.6 is 0 Å². The maximum atomic E-state index is 13.4. The first kappa shape index (κ1) is 10.6. The minimum absolute atomic E-state index is 0.207. The molecule has 1 aromatic carbocycles. The topological polar surface area (TPSA) is 70.0 Å². The van der Waals surface area contributed by atoms with Gasteiger partial charge in [-0.25, -0.2) is 4.39 Å². The van der Waals surface area contributed by atoms with Crippen molar-refractivity contribution in [2.75, 3.05) is 6.61 Å². The Hall–Kier alpha value is -1.44. The van der Waals surface area contributed by atoms with Crippen LogP contribution in [0.25, 0.3) is 0 Å². The number of nitriles is 1. The highest BCUT2D eigenvalue weighted by molar-refractivity contribution is 5.35. The molecule has 1 aromatic rings. The first-order valence-electron chi connectivity index (χ1n) is 4.11. The van der Waals surface area contributed by atoms with Crippen LogP contribution in [-0.4, -0.2) is 11.7 Å². The van der Waals surface area contributed by atoms with E-state index in [1.165, 1.54) is 19.1 Å². The van der Waals surface area contributed by atoms with Crippen LogP contribution in [-0.2, 0) is 5.54 Å². The summed E-state index contributed by atoms with van der Waals surface area (Å²) in [7, 11) is 0. The average molecular weight is 194 g/mol. The van der Waals surface area contributed by atoms with Crippen molar-refractivity contribution in [3.05, 3.63) is 35.1 Å². The highest BCUT2D eigenvalue weighted by atomic mass is 19.1. The maximum Gasteiger partial charge on any atom is 0.129 e. The van der Waals surface area contributed by atoms with Crippen molar-refractivity contribution < 1.29 is 9.50 Å². The van der Waals surface area contributed by atoms with Gasteiger partial charge in [-0.15, -0.1) is 0 Å². The molecule has 0 bridgehead atoms. The molecule has 0 saturated heterocycles. The van der Waals surface area contributed by atoms with E-state index < -0.39 is 11.4 Å². The molecule has 0 spiro atoms. The highest BCUT2D eigenvalue weighted by Gasteiger charge is 2.23. The molecule has 74 valence electrons. The Bertz CT molecular complexity index is 382. The number of aliphatic hydroxyl groups is 1. The first-order valence-corrected chi connectivity index (χ1v) is 4.11. The van der Waals surface area contributed by atoms with Crippen molar-refractivity contribution in [1.29, 1.82) is 5.26 Å². The van der Waals surface area contributed by atoms with Gasteiger partial charge < -0.3 is 10.8 Å². The summed E-state index contributed by atoms with van der Waals surface area (Å²) in [4.78, 5) is 0. The lowest BCUT2D eigenvalue weighted by molar-refractivity contribution is 0.206. The number of halogens is 1. The maximum absolute atomic E-state index is 13.4. The standard InChI is InChI=1S/C10H11FN2O/c1-10(13,6-14)8-3-2-7(5-12)4-9(8)11/h2-4,14H,6,13H2,1H3. The lowest BCUT2D eigenvalue weighted by Crippen LogP contribution is -2.37. The molecule has 3 nitrogen and oxygen atoms in total. The Morgan fingerprint density at radius 1 is 1.64 bits per heavy atom. The molecule has 0 aliphatic heterocycles. The summed E-state index contributed by atoms with van der Waals surface area (Å²) >= 11 is 0. The van der Waals surface area contributed by atoms with E-state index in [2.05, 4.69) is 0 Å². The van der Waals surface area contributed by atoms with Crippen LogP contribution in [0.3, 0.4) is 0 Å². The first-order chi connectivity index (χ1) is 6.51. The molecule has 1 unspecified atom stereocenters. The normalized spacial score (nSPS) is 14.5. The number of aliphatic hydroxyl groups excluding tert-OH is 1. The van der Waals surface area contributed by atoms with E-state index in [1.54, 1.807) is 0 Å². The second kappa shape index (κ2) is 3.74. The van der Waals surface area contributed by atoms with Crippen LogP contribution < -0.4 is 5.73 Å². The zero-order valence-corrected chi connectivity index (χ0v) is 7.79. The summed E-state index contributed by atoms with van der Waals surface area (Å²) in [6, 6.07) is 5.82. The summed E-state index contributed by atoms with van der Waals surface area (Å²) in [5.41, 5.74) is 4.99. The van der Waals surface area contributed by atoms with Gasteiger partial charge in [0.1, 0.15) is 5.82 Å². The number of nitrogens with two attached hydrogens (primary N) is 1. The molecular formula is C10H11FN2O. The number of nitrogens with zero attached hydrogens (tertiary/aromatic N) is 1. The Morgan fingerprint density at radius 3 is 2.71 bits per heavy atom. The highest BCUT2D eigenvalue weighted by Crippen LogP contribution is 2.21. The molecule has 0 aliphatic rings. The molecule has 0 aromatic heterocycles. The van der Waals surface area contributed by atoms with Crippen molar-refractivity contribution in [3.8, 4) is 6.07 Å². The quantitative estimate of drug-likeness (QED) is 0.733. The second-order valence-corrected chi connectivity index (χ2v) is 3.38. The molecule has 0 heterocycles. The molecule has 0 amide bonds. The predicted molar refractivity (Wildman–Crippen MR) is 49.7 cm³/mol. The van der Waals surface area contributed by atoms with E-state index in [9.17, 15) is 4.39 Å². The molecule has 14 heavy (non-hydrogen) atoms. The van der Waals surface area contributed by atoms with Gasteiger partial charge in [-0.05, 0) is 19.1 Å². The summed E-state index contributed by atoms with van der Waals surface area (Å²) < 4.78 is 13.4. The summed E-state index contributed by atoms with van der Waals surface area (Å²) in [5.74, 6) is -0.567. The van der Waals surface area contributed by atoms with Gasteiger partial charge in [-0.2, -0.15) is 5.26 Å². The minimum Gasteiger partial charge on any atom is -0.394 e. The molecule has 1 rings (SSSR count). The zero-order chi connectivity index (χ0) is 10.8. The smallest absolute Gasteiger partial charge is 0.129 e. The molecule has 3 N–H and O–H groups in total. The Balaban J connectivity index is 3.20. The van der Waals surface area contributed by atoms with Gasteiger partial charge in [0.2, 0.25) is 0 Å².